The van der Waals surface area contributed by atoms with E-state index in [9.17, 15) is 8.42 Å². The molecule has 7 nitrogen and oxygen atoms in total. The van der Waals surface area contributed by atoms with E-state index >= 15 is 0 Å². The first-order chi connectivity index (χ1) is 9.67. The van der Waals surface area contributed by atoms with Crippen LogP contribution in [-0.4, -0.2) is 42.5 Å². The van der Waals surface area contributed by atoms with Gasteiger partial charge in [0.25, 0.3) is 10.0 Å². The minimum atomic E-state index is -3.51. The Balaban J connectivity index is 1.66. The molecule has 3 rings (SSSR count). The van der Waals surface area contributed by atoms with Crippen LogP contribution >= 0.6 is 11.3 Å². The van der Waals surface area contributed by atoms with E-state index in [2.05, 4.69) is 24.6 Å². The van der Waals surface area contributed by atoms with Gasteiger partial charge in [0, 0.05) is 30.7 Å². The van der Waals surface area contributed by atoms with Crippen LogP contribution in [0.2, 0.25) is 0 Å². The van der Waals surface area contributed by atoms with Crippen molar-refractivity contribution in [3.63, 3.8) is 0 Å². The SMILES string of the molecule is O=S(=O)(NCC1CCCN1c1nccs1)c1cnc[nH]1. The summed E-state index contributed by atoms with van der Waals surface area (Å²) < 4.78 is 26.7. The Hall–Kier alpha value is -1.45. The van der Waals surface area contributed by atoms with Crippen molar-refractivity contribution in [2.24, 2.45) is 0 Å². The number of hydrogen-bond donors (Lipinski definition) is 2. The predicted molar refractivity (Wildman–Crippen MR) is 76.3 cm³/mol. The summed E-state index contributed by atoms with van der Waals surface area (Å²) in [4.78, 5) is 12.8. The molecule has 20 heavy (non-hydrogen) atoms. The molecule has 0 aliphatic carbocycles. The molecule has 2 aromatic heterocycles. The fourth-order valence-electron chi connectivity index (χ4n) is 2.33. The molecular formula is C11H15N5O2S2. The van der Waals surface area contributed by atoms with Crippen LogP contribution in [0.5, 0.6) is 0 Å². The molecule has 0 spiro atoms. The van der Waals surface area contributed by atoms with E-state index < -0.39 is 10.0 Å². The fraction of sp³-hybridized carbons (Fsp3) is 0.455. The van der Waals surface area contributed by atoms with Crippen LogP contribution in [-0.2, 0) is 10.0 Å². The molecule has 2 aromatic rings. The largest absolute Gasteiger partial charge is 0.344 e. The topological polar surface area (TPSA) is 91.0 Å². The molecule has 2 N–H and O–H groups in total. The third kappa shape index (κ3) is 2.69. The van der Waals surface area contributed by atoms with E-state index in [1.54, 1.807) is 17.5 Å². The predicted octanol–water partition coefficient (Wildman–Crippen LogP) is 0.813. The van der Waals surface area contributed by atoms with E-state index in [4.69, 9.17) is 0 Å². The highest BCUT2D eigenvalue weighted by Gasteiger charge is 2.28. The summed E-state index contributed by atoms with van der Waals surface area (Å²) in [5.74, 6) is 0. The maximum atomic E-state index is 12.0. The quantitative estimate of drug-likeness (QED) is 0.852. The first kappa shape index (κ1) is 13.5. The Morgan fingerprint density at radius 2 is 2.45 bits per heavy atom. The highest BCUT2D eigenvalue weighted by molar-refractivity contribution is 7.89. The summed E-state index contributed by atoms with van der Waals surface area (Å²) in [6.07, 6.45) is 6.44. The fourth-order valence-corrected chi connectivity index (χ4v) is 4.05. The van der Waals surface area contributed by atoms with E-state index in [1.165, 1.54) is 12.5 Å². The van der Waals surface area contributed by atoms with Gasteiger partial charge < -0.3 is 9.88 Å². The second-order valence-corrected chi connectivity index (χ2v) is 7.18. The van der Waals surface area contributed by atoms with Gasteiger partial charge >= 0.3 is 0 Å². The molecular weight excluding hydrogens is 298 g/mol. The van der Waals surface area contributed by atoms with E-state index in [-0.39, 0.29) is 11.1 Å². The number of anilines is 1. The molecule has 0 amide bonds. The van der Waals surface area contributed by atoms with E-state index in [1.807, 2.05) is 5.38 Å². The Kier molecular flexibility index (Phi) is 3.72. The van der Waals surface area contributed by atoms with Crippen molar-refractivity contribution in [1.82, 2.24) is 19.7 Å². The molecule has 0 radical (unpaired) electrons. The third-order valence-corrected chi connectivity index (χ3v) is 5.47. The number of thiazole rings is 1. The van der Waals surface area contributed by atoms with Crippen LogP contribution < -0.4 is 9.62 Å². The van der Waals surface area contributed by atoms with Crippen molar-refractivity contribution in [3.8, 4) is 0 Å². The molecule has 1 unspecified atom stereocenters. The summed E-state index contributed by atoms with van der Waals surface area (Å²) >= 11 is 1.58. The number of rotatable bonds is 5. The van der Waals surface area contributed by atoms with E-state index in [0.717, 1.165) is 24.5 Å². The van der Waals surface area contributed by atoms with Crippen molar-refractivity contribution in [2.45, 2.75) is 23.9 Å². The van der Waals surface area contributed by atoms with Crippen LogP contribution in [0.15, 0.2) is 29.1 Å². The lowest BCUT2D eigenvalue weighted by Crippen LogP contribution is -2.40. The Labute approximate surface area is 121 Å². The molecule has 1 aliphatic rings. The molecule has 0 aromatic carbocycles. The number of imidazole rings is 1. The molecule has 1 saturated heterocycles. The van der Waals surface area contributed by atoms with Crippen molar-refractivity contribution in [3.05, 3.63) is 24.1 Å². The maximum absolute atomic E-state index is 12.0. The van der Waals surface area contributed by atoms with Crippen LogP contribution in [0.25, 0.3) is 0 Å². The lowest BCUT2D eigenvalue weighted by Gasteiger charge is -2.23. The molecule has 3 heterocycles. The Morgan fingerprint density at radius 3 is 3.15 bits per heavy atom. The second kappa shape index (κ2) is 5.51. The van der Waals surface area contributed by atoms with Crippen molar-refractivity contribution in [2.75, 3.05) is 18.0 Å². The van der Waals surface area contributed by atoms with Gasteiger partial charge in [-0.15, -0.1) is 11.3 Å². The second-order valence-electron chi connectivity index (χ2n) is 4.57. The number of aromatic amines is 1. The van der Waals surface area contributed by atoms with Gasteiger partial charge in [-0.2, -0.15) is 0 Å². The summed E-state index contributed by atoms with van der Waals surface area (Å²) in [7, 11) is -3.51. The molecule has 0 saturated carbocycles. The number of nitrogens with zero attached hydrogens (tertiary/aromatic N) is 3. The third-order valence-electron chi connectivity index (χ3n) is 3.31. The Bertz CT molecular complexity index is 638. The molecule has 1 aliphatic heterocycles. The molecule has 1 atom stereocenters. The number of H-pyrrole nitrogens is 1. The average Bonchev–Trinajstić information content (AvgIpc) is 3.16. The monoisotopic (exact) mass is 313 g/mol. The first-order valence-electron chi connectivity index (χ1n) is 6.31. The van der Waals surface area contributed by atoms with Gasteiger partial charge in [0.1, 0.15) is 0 Å². The van der Waals surface area contributed by atoms with Crippen molar-refractivity contribution < 1.29 is 8.42 Å². The normalized spacial score (nSPS) is 19.6. The standard InChI is InChI=1S/C11H15N5O2S2/c17-20(18,10-7-12-8-14-10)15-6-9-2-1-4-16(9)11-13-3-5-19-11/h3,5,7-9,15H,1-2,4,6H2,(H,12,14). The van der Waals surface area contributed by atoms with Gasteiger partial charge in [-0.3, -0.25) is 0 Å². The van der Waals surface area contributed by atoms with Gasteiger partial charge in [-0.25, -0.2) is 23.1 Å². The van der Waals surface area contributed by atoms with Gasteiger partial charge in [0.2, 0.25) is 0 Å². The summed E-state index contributed by atoms with van der Waals surface area (Å²) in [5, 5.41) is 2.98. The molecule has 108 valence electrons. The highest BCUT2D eigenvalue weighted by Crippen LogP contribution is 2.26. The van der Waals surface area contributed by atoms with E-state index in [0.29, 0.717) is 6.54 Å². The first-order valence-corrected chi connectivity index (χ1v) is 8.67. The minimum absolute atomic E-state index is 0.0938. The lowest BCUT2D eigenvalue weighted by atomic mass is 10.2. The molecule has 0 bridgehead atoms. The maximum Gasteiger partial charge on any atom is 0.257 e. The summed E-state index contributed by atoms with van der Waals surface area (Å²) in [6, 6.07) is 0.152. The van der Waals surface area contributed by atoms with Crippen LogP contribution in [0.4, 0.5) is 5.13 Å². The lowest BCUT2D eigenvalue weighted by molar-refractivity contribution is 0.564. The Morgan fingerprint density at radius 1 is 1.55 bits per heavy atom. The zero-order valence-corrected chi connectivity index (χ0v) is 12.3. The number of sulfonamides is 1. The zero-order chi connectivity index (χ0) is 14.0. The summed E-state index contributed by atoms with van der Waals surface area (Å²) in [5.41, 5.74) is 0. The average molecular weight is 313 g/mol. The van der Waals surface area contributed by atoms with Gasteiger partial charge in [0.15, 0.2) is 10.2 Å². The van der Waals surface area contributed by atoms with Crippen LogP contribution in [0.1, 0.15) is 12.8 Å². The minimum Gasteiger partial charge on any atom is -0.344 e. The van der Waals surface area contributed by atoms with Crippen LogP contribution in [0, 0.1) is 0 Å². The number of hydrogen-bond acceptors (Lipinski definition) is 6. The molecule has 9 heteroatoms. The number of aromatic nitrogens is 3. The highest BCUT2D eigenvalue weighted by atomic mass is 32.2. The van der Waals surface area contributed by atoms with Crippen molar-refractivity contribution >= 4 is 26.5 Å². The van der Waals surface area contributed by atoms with Crippen LogP contribution in [0.3, 0.4) is 0 Å². The molecule has 1 fully saturated rings. The van der Waals surface area contributed by atoms with Gasteiger partial charge in [-0.05, 0) is 12.8 Å². The van der Waals surface area contributed by atoms with Gasteiger partial charge in [-0.1, -0.05) is 0 Å². The van der Waals surface area contributed by atoms with Crippen molar-refractivity contribution in [1.29, 1.82) is 0 Å². The summed E-state index contributed by atoms with van der Waals surface area (Å²) in [6.45, 7) is 1.30. The van der Waals surface area contributed by atoms with Gasteiger partial charge in [0.05, 0.1) is 12.5 Å². The smallest absolute Gasteiger partial charge is 0.257 e. The zero-order valence-electron chi connectivity index (χ0n) is 10.7. The number of nitrogens with one attached hydrogen (secondary N) is 2.